The molecule has 0 aliphatic heterocycles. The molecular weight excluding hydrogens is 246 g/mol. The lowest BCUT2D eigenvalue weighted by atomic mass is 10.4. The molecule has 102 valence electrons. The quantitative estimate of drug-likeness (QED) is 0.759. The van der Waals surface area contributed by atoms with E-state index >= 15 is 0 Å². The Bertz CT molecular complexity index is 559. The molecule has 2 aromatic rings. The van der Waals surface area contributed by atoms with Crippen LogP contribution in [0.1, 0.15) is 22.1 Å². The molecule has 0 unspecified atom stereocenters. The molecule has 8 heteroatoms. The first-order valence-electron chi connectivity index (χ1n) is 5.95. The Hall–Kier alpha value is -2.22. The smallest absolute Gasteiger partial charge is 0.274 e. The lowest BCUT2D eigenvalue weighted by Gasteiger charge is -2.13. The second-order valence-corrected chi connectivity index (χ2v) is 4.28. The Balaban J connectivity index is 2.01. The van der Waals surface area contributed by atoms with Crippen molar-refractivity contribution >= 4 is 5.91 Å². The van der Waals surface area contributed by atoms with Gasteiger partial charge in [0, 0.05) is 26.3 Å². The average molecular weight is 263 g/mol. The molecule has 0 bridgehead atoms. The number of hydrogen-bond donors (Lipinski definition) is 2. The molecule has 3 N–H and O–H groups in total. The molecule has 0 saturated carbocycles. The number of imidazole rings is 1. The highest BCUT2D eigenvalue weighted by molar-refractivity contribution is 5.91. The van der Waals surface area contributed by atoms with E-state index in [9.17, 15) is 4.79 Å². The average Bonchev–Trinajstić information content (AvgIpc) is 2.98. The zero-order chi connectivity index (χ0) is 13.8. The van der Waals surface area contributed by atoms with E-state index in [4.69, 9.17) is 5.73 Å². The summed E-state index contributed by atoms with van der Waals surface area (Å²) in [5, 5.41) is 6.74. The van der Waals surface area contributed by atoms with Crippen LogP contribution >= 0.6 is 0 Å². The molecular formula is C11H17N7O. The van der Waals surface area contributed by atoms with Crippen LogP contribution in [-0.2, 0) is 13.1 Å². The van der Waals surface area contributed by atoms with Crippen LogP contribution < -0.4 is 5.73 Å². The van der Waals surface area contributed by atoms with E-state index in [2.05, 4.69) is 20.2 Å². The molecule has 2 heterocycles. The third-order valence-corrected chi connectivity index (χ3v) is 2.61. The van der Waals surface area contributed by atoms with E-state index in [0.29, 0.717) is 31.2 Å². The van der Waals surface area contributed by atoms with Gasteiger partial charge in [-0.05, 0) is 6.92 Å². The lowest BCUT2D eigenvalue weighted by Crippen LogP contribution is -2.27. The first kappa shape index (κ1) is 13.2. The lowest BCUT2D eigenvalue weighted by molar-refractivity contribution is 0.0776. The van der Waals surface area contributed by atoms with Crippen molar-refractivity contribution in [3.8, 4) is 0 Å². The molecule has 0 aliphatic carbocycles. The Labute approximate surface area is 110 Å². The molecule has 0 atom stereocenters. The monoisotopic (exact) mass is 263 g/mol. The van der Waals surface area contributed by atoms with Gasteiger partial charge in [0.25, 0.3) is 5.91 Å². The minimum Gasteiger partial charge on any atom is -0.335 e. The number of aryl methyl sites for hydroxylation is 1. The summed E-state index contributed by atoms with van der Waals surface area (Å²) >= 11 is 0. The van der Waals surface area contributed by atoms with Crippen molar-refractivity contribution in [2.75, 3.05) is 13.6 Å². The number of aromatic nitrogens is 5. The minimum atomic E-state index is -0.168. The molecule has 0 aromatic carbocycles. The van der Waals surface area contributed by atoms with Gasteiger partial charge >= 0.3 is 0 Å². The van der Waals surface area contributed by atoms with Crippen molar-refractivity contribution in [3.63, 3.8) is 0 Å². The maximum Gasteiger partial charge on any atom is 0.274 e. The highest BCUT2D eigenvalue weighted by atomic mass is 16.2. The fraction of sp³-hybridized carbons (Fsp3) is 0.455. The predicted octanol–water partition coefficient (Wildman–Crippen LogP) is -0.459. The summed E-state index contributed by atoms with van der Waals surface area (Å²) in [5.74, 6) is 1.14. The standard InChI is InChI=1S/C11H17N7O/c1-8-14-10(16-15-8)6-17(2)11(19)9-5-18(4-3-12)7-13-9/h5,7H,3-4,6,12H2,1-2H3,(H,14,15,16). The Morgan fingerprint density at radius 3 is 3.00 bits per heavy atom. The number of nitrogens with zero attached hydrogens (tertiary/aromatic N) is 5. The maximum absolute atomic E-state index is 12.1. The molecule has 0 spiro atoms. The number of rotatable bonds is 5. The molecule has 19 heavy (non-hydrogen) atoms. The van der Waals surface area contributed by atoms with Gasteiger partial charge in [-0.3, -0.25) is 9.89 Å². The van der Waals surface area contributed by atoms with Gasteiger partial charge in [0.1, 0.15) is 11.5 Å². The van der Waals surface area contributed by atoms with Crippen LogP contribution in [0.25, 0.3) is 0 Å². The number of aromatic amines is 1. The van der Waals surface area contributed by atoms with E-state index in [1.807, 2.05) is 6.92 Å². The van der Waals surface area contributed by atoms with Crippen molar-refractivity contribution < 1.29 is 4.79 Å². The van der Waals surface area contributed by atoms with E-state index < -0.39 is 0 Å². The van der Waals surface area contributed by atoms with Crippen LogP contribution in [0.2, 0.25) is 0 Å². The third-order valence-electron chi connectivity index (χ3n) is 2.61. The molecule has 0 fully saturated rings. The van der Waals surface area contributed by atoms with Gasteiger partial charge < -0.3 is 15.2 Å². The van der Waals surface area contributed by atoms with Crippen molar-refractivity contribution in [2.24, 2.45) is 5.73 Å². The van der Waals surface area contributed by atoms with E-state index in [-0.39, 0.29) is 5.91 Å². The summed E-state index contributed by atoms with van der Waals surface area (Å²) in [4.78, 5) is 21.9. The summed E-state index contributed by atoms with van der Waals surface area (Å²) in [6.07, 6.45) is 3.29. The van der Waals surface area contributed by atoms with Gasteiger partial charge in [-0.2, -0.15) is 5.10 Å². The van der Waals surface area contributed by atoms with E-state index in [1.54, 1.807) is 24.1 Å². The minimum absolute atomic E-state index is 0.168. The molecule has 2 aromatic heterocycles. The topological polar surface area (TPSA) is 106 Å². The fourth-order valence-electron chi connectivity index (χ4n) is 1.68. The summed E-state index contributed by atoms with van der Waals surface area (Å²) in [5.41, 5.74) is 5.84. The van der Waals surface area contributed by atoms with Crippen molar-refractivity contribution in [1.82, 2.24) is 29.6 Å². The molecule has 2 rings (SSSR count). The number of nitrogens with two attached hydrogens (primary N) is 1. The highest BCUT2D eigenvalue weighted by Crippen LogP contribution is 2.04. The Morgan fingerprint density at radius 1 is 1.58 bits per heavy atom. The fourth-order valence-corrected chi connectivity index (χ4v) is 1.68. The maximum atomic E-state index is 12.1. The molecule has 1 amide bonds. The first-order valence-corrected chi connectivity index (χ1v) is 5.95. The molecule has 0 radical (unpaired) electrons. The van der Waals surface area contributed by atoms with Crippen LogP contribution in [0.15, 0.2) is 12.5 Å². The van der Waals surface area contributed by atoms with Crippen molar-refractivity contribution in [1.29, 1.82) is 0 Å². The van der Waals surface area contributed by atoms with Crippen molar-refractivity contribution in [3.05, 3.63) is 29.9 Å². The van der Waals surface area contributed by atoms with Gasteiger partial charge in [-0.1, -0.05) is 0 Å². The zero-order valence-corrected chi connectivity index (χ0v) is 11.0. The van der Waals surface area contributed by atoms with Crippen LogP contribution in [0, 0.1) is 6.92 Å². The Kier molecular flexibility index (Phi) is 3.91. The number of hydrogen-bond acceptors (Lipinski definition) is 5. The van der Waals surface area contributed by atoms with E-state index in [0.717, 1.165) is 5.82 Å². The molecule has 8 nitrogen and oxygen atoms in total. The van der Waals surface area contributed by atoms with Gasteiger partial charge in [0.15, 0.2) is 5.82 Å². The van der Waals surface area contributed by atoms with Gasteiger partial charge in [-0.25, -0.2) is 9.97 Å². The summed E-state index contributed by atoms with van der Waals surface area (Å²) in [6.45, 7) is 3.31. The normalized spacial score (nSPS) is 10.7. The van der Waals surface area contributed by atoms with Crippen molar-refractivity contribution in [2.45, 2.75) is 20.0 Å². The summed E-state index contributed by atoms with van der Waals surface area (Å²) in [7, 11) is 1.69. The zero-order valence-electron chi connectivity index (χ0n) is 11.0. The summed E-state index contributed by atoms with van der Waals surface area (Å²) in [6, 6.07) is 0. The van der Waals surface area contributed by atoms with Crippen LogP contribution in [0.3, 0.4) is 0 Å². The first-order chi connectivity index (χ1) is 9.10. The molecule has 0 aliphatic rings. The number of carbonyl (C=O) groups excluding carboxylic acids is 1. The van der Waals surface area contributed by atoms with Gasteiger partial charge in [0.05, 0.1) is 12.9 Å². The van der Waals surface area contributed by atoms with Crippen LogP contribution in [-0.4, -0.2) is 49.1 Å². The number of H-pyrrole nitrogens is 1. The summed E-state index contributed by atoms with van der Waals surface area (Å²) < 4.78 is 1.79. The van der Waals surface area contributed by atoms with Crippen LogP contribution in [0.4, 0.5) is 0 Å². The second-order valence-electron chi connectivity index (χ2n) is 4.28. The number of carbonyl (C=O) groups is 1. The number of nitrogens with one attached hydrogen (secondary N) is 1. The van der Waals surface area contributed by atoms with Crippen LogP contribution in [0.5, 0.6) is 0 Å². The predicted molar refractivity (Wildman–Crippen MR) is 68.2 cm³/mol. The third kappa shape index (κ3) is 3.16. The van der Waals surface area contributed by atoms with Gasteiger partial charge in [-0.15, -0.1) is 0 Å². The SMILES string of the molecule is Cc1nc(CN(C)C(=O)c2cn(CCN)cn2)n[nH]1. The molecule has 0 saturated heterocycles. The largest absolute Gasteiger partial charge is 0.335 e. The highest BCUT2D eigenvalue weighted by Gasteiger charge is 2.16. The van der Waals surface area contributed by atoms with Gasteiger partial charge in [0.2, 0.25) is 0 Å². The van der Waals surface area contributed by atoms with E-state index in [1.165, 1.54) is 4.90 Å². The second kappa shape index (κ2) is 5.61. The Morgan fingerprint density at radius 2 is 2.37 bits per heavy atom. The number of amides is 1.